The number of hydrogen-bond acceptors (Lipinski definition) is 7. The fourth-order valence-electron chi connectivity index (χ4n) is 3.20. The van der Waals surface area contributed by atoms with Gasteiger partial charge in [-0.1, -0.05) is 23.7 Å². The van der Waals surface area contributed by atoms with Crippen LogP contribution in [0.4, 0.5) is 19.0 Å². The van der Waals surface area contributed by atoms with Crippen LogP contribution >= 0.6 is 22.9 Å². The van der Waals surface area contributed by atoms with E-state index in [1.54, 1.807) is 12.1 Å². The first-order chi connectivity index (χ1) is 15.7. The van der Waals surface area contributed by atoms with Gasteiger partial charge in [-0.05, 0) is 31.0 Å². The molecule has 1 aromatic carbocycles. The van der Waals surface area contributed by atoms with E-state index < -0.39 is 11.7 Å². The van der Waals surface area contributed by atoms with E-state index in [0.29, 0.717) is 23.0 Å². The number of aromatic nitrogens is 3. The van der Waals surface area contributed by atoms with Crippen LogP contribution in [0.1, 0.15) is 18.1 Å². The van der Waals surface area contributed by atoms with Gasteiger partial charge in [-0.2, -0.15) is 18.2 Å². The molecular formula is C22H18ClF3N4O2S. The number of benzene rings is 1. The molecule has 0 aliphatic heterocycles. The molecule has 4 aromatic rings. The Morgan fingerprint density at radius 3 is 2.55 bits per heavy atom. The molecule has 1 N–H and O–H groups in total. The predicted octanol–water partition coefficient (Wildman–Crippen LogP) is 6.60. The van der Waals surface area contributed by atoms with Gasteiger partial charge >= 0.3 is 6.18 Å². The maximum Gasteiger partial charge on any atom is 0.416 e. The molecule has 1 atom stereocenters. The number of methoxy groups -OCH3 is 1. The Bertz CT molecular complexity index is 1260. The second-order valence-corrected chi connectivity index (χ2v) is 8.48. The number of alkyl halides is 3. The number of hydrogen-bond donors (Lipinski definition) is 1. The quantitative estimate of drug-likeness (QED) is 0.312. The van der Waals surface area contributed by atoms with E-state index in [9.17, 15) is 13.2 Å². The Morgan fingerprint density at radius 2 is 1.85 bits per heavy atom. The summed E-state index contributed by atoms with van der Waals surface area (Å²) in [5.41, 5.74) is 0.101. The van der Waals surface area contributed by atoms with Crippen molar-refractivity contribution in [1.29, 1.82) is 0 Å². The molecule has 0 fully saturated rings. The zero-order valence-corrected chi connectivity index (χ0v) is 19.1. The number of nitrogens with zero attached hydrogens (tertiary/aromatic N) is 3. The van der Waals surface area contributed by atoms with Crippen molar-refractivity contribution in [3.8, 4) is 17.5 Å². The lowest BCUT2D eigenvalue weighted by Crippen LogP contribution is -2.19. The largest absolute Gasteiger partial charge is 0.481 e. The average molecular weight is 495 g/mol. The number of pyridine rings is 1. The topological polar surface area (TPSA) is 69.2 Å². The fraction of sp³-hybridized carbons (Fsp3) is 0.227. The van der Waals surface area contributed by atoms with Crippen molar-refractivity contribution < 1.29 is 22.6 Å². The second kappa shape index (κ2) is 9.40. The Labute approximate surface area is 196 Å². The molecule has 6 nitrogen and oxygen atoms in total. The van der Waals surface area contributed by atoms with Crippen molar-refractivity contribution >= 4 is 39.0 Å². The summed E-state index contributed by atoms with van der Waals surface area (Å²) in [6.07, 6.45) is -2.37. The van der Waals surface area contributed by atoms with Gasteiger partial charge in [0.1, 0.15) is 22.7 Å². The Kier molecular flexibility index (Phi) is 6.57. The van der Waals surface area contributed by atoms with Crippen LogP contribution < -0.4 is 14.8 Å². The summed E-state index contributed by atoms with van der Waals surface area (Å²) in [5.74, 6) is 0.643. The normalized spacial score (nSPS) is 12.5. The average Bonchev–Trinajstić information content (AvgIpc) is 3.16. The smallest absolute Gasteiger partial charge is 0.416 e. The zero-order chi connectivity index (χ0) is 23.6. The van der Waals surface area contributed by atoms with Crippen molar-refractivity contribution in [2.75, 3.05) is 12.4 Å². The molecule has 0 spiro atoms. The number of rotatable bonds is 7. The summed E-state index contributed by atoms with van der Waals surface area (Å²) in [5, 5.41) is 6.58. The minimum Gasteiger partial charge on any atom is -0.481 e. The first-order valence-electron chi connectivity index (χ1n) is 9.77. The van der Waals surface area contributed by atoms with Gasteiger partial charge in [-0.15, -0.1) is 11.3 Å². The Morgan fingerprint density at radius 1 is 1.12 bits per heavy atom. The summed E-state index contributed by atoms with van der Waals surface area (Å²) in [7, 11) is 1.25. The van der Waals surface area contributed by atoms with Crippen LogP contribution in [0, 0.1) is 0 Å². The molecule has 172 valence electrons. The molecule has 3 aromatic heterocycles. The number of anilines is 1. The van der Waals surface area contributed by atoms with E-state index in [1.807, 2.05) is 24.4 Å². The molecule has 0 aliphatic rings. The Balaban J connectivity index is 1.44. The van der Waals surface area contributed by atoms with Crippen LogP contribution in [0.15, 0.2) is 48.1 Å². The molecule has 0 radical (unpaired) electrons. The Hall–Kier alpha value is -3.11. The number of ether oxygens (including phenoxy) is 2. The molecule has 0 bridgehead atoms. The third kappa shape index (κ3) is 5.45. The molecule has 0 amide bonds. The number of thiophene rings is 1. The van der Waals surface area contributed by atoms with Crippen LogP contribution in [-0.2, 0) is 12.6 Å². The van der Waals surface area contributed by atoms with Crippen molar-refractivity contribution in [3.63, 3.8) is 0 Å². The van der Waals surface area contributed by atoms with Crippen molar-refractivity contribution in [3.05, 3.63) is 64.3 Å². The van der Waals surface area contributed by atoms with Gasteiger partial charge in [0.2, 0.25) is 11.8 Å². The maximum absolute atomic E-state index is 13.1. The van der Waals surface area contributed by atoms with Gasteiger partial charge < -0.3 is 14.8 Å². The molecule has 0 aliphatic carbocycles. The molecule has 0 saturated heterocycles. The summed E-state index contributed by atoms with van der Waals surface area (Å²) < 4.78 is 49.6. The SMILES string of the molecule is COc1cc(C(F)(F)F)cc(Oc2ccc(CC(C)Nc3ncnc4scc(Cl)c34)cc2)n1. The fourth-order valence-corrected chi connectivity index (χ4v) is 4.34. The first kappa shape index (κ1) is 23.1. The van der Waals surface area contributed by atoms with E-state index in [-0.39, 0.29) is 17.8 Å². The van der Waals surface area contributed by atoms with Gasteiger partial charge in [-0.25, -0.2) is 9.97 Å². The highest BCUT2D eigenvalue weighted by molar-refractivity contribution is 7.17. The lowest BCUT2D eigenvalue weighted by atomic mass is 10.1. The van der Waals surface area contributed by atoms with Crippen LogP contribution in [-0.4, -0.2) is 28.1 Å². The maximum atomic E-state index is 13.1. The summed E-state index contributed by atoms with van der Waals surface area (Å²) in [6, 6.07) is 8.71. The van der Waals surface area contributed by atoms with E-state index >= 15 is 0 Å². The molecule has 4 rings (SSSR count). The van der Waals surface area contributed by atoms with Gasteiger partial charge in [0.25, 0.3) is 0 Å². The van der Waals surface area contributed by atoms with E-state index in [4.69, 9.17) is 21.1 Å². The van der Waals surface area contributed by atoms with Crippen LogP contribution in [0.2, 0.25) is 5.02 Å². The first-order valence-corrected chi connectivity index (χ1v) is 11.0. The highest BCUT2D eigenvalue weighted by Crippen LogP contribution is 2.35. The summed E-state index contributed by atoms with van der Waals surface area (Å²) >= 11 is 7.71. The minimum atomic E-state index is -4.54. The number of halogens is 4. The molecular weight excluding hydrogens is 477 g/mol. The predicted molar refractivity (Wildman–Crippen MR) is 122 cm³/mol. The second-order valence-electron chi connectivity index (χ2n) is 7.22. The van der Waals surface area contributed by atoms with E-state index in [0.717, 1.165) is 27.9 Å². The van der Waals surface area contributed by atoms with Crippen LogP contribution in [0.25, 0.3) is 10.2 Å². The summed E-state index contributed by atoms with van der Waals surface area (Å²) in [4.78, 5) is 13.3. The van der Waals surface area contributed by atoms with Gasteiger partial charge in [0.05, 0.1) is 23.1 Å². The number of nitrogens with one attached hydrogen (secondary N) is 1. The van der Waals surface area contributed by atoms with E-state index in [2.05, 4.69) is 20.3 Å². The van der Waals surface area contributed by atoms with Gasteiger partial charge in [0.15, 0.2) is 0 Å². The standard InChI is InChI=1S/C22H18ClF3N4O2S/c1-12(29-20-19-16(23)10-33-21(19)28-11-27-20)7-13-3-5-15(6-4-13)32-18-9-14(22(24,25)26)8-17(30-18)31-2/h3-6,8-12H,7H2,1-2H3,(H,27,28,29). The highest BCUT2D eigenvalue weighted by Gasteiger charge is 2.32. The van der Waals surface area contributed by atoms with E-state index in [1.165, 1.54) is 24.8 Å². The highest BCUT2D eigenvalue weighted by atomic mass is 35.5. The third-order valence-electron chi connectivity index (χ3n) is 4.71. The van der Waals surface area contributed by atoms with Gasteiger partial charge in [-0.3, -0.25) is 0 Å². The monoisotopic (exact) mass is 494 g/mol. The molecule has 33 heavy (non-hydrogen) atoms. The lowest BCUT2D eigenvalue weighted by Gasteiger charge is -2.16. The molecule has 11 heteroatoms. The third-order valence-corrected chi connectivity index (χ3v) is 6.02. The molecule has 1 unspecified atom stereocenters. The van der Waals surface area contributed by atoms with Gasteiger partial charge in [0, 0.05) is 23.6 Å². The molecule has 0 saturated carbocycles. The number of fused-ring (bicyclic) bond motifs is 1. The van der Waals surface area contributed by atoms with Crippen molar-refractivity contribution in [1.82, 2.24) is 15.0 Å². The minimum absolute atomic E-state index is 0.0280. The van der Waals surface area contributed by atoms with Crippen LogP contribution in [0.3, 0.4) is 0 Å². The van der Waals surface area contributed by atoms with Crippen molar-refractivity contribution in [2.45, 2.75) is 25.6 Å². The van der Waals surface area contributed by atoms with Crippen molar-refractivity contribution in [2.24, 2.45) is 0 Å². The van der Waals surface area contributed by atoms with Crippen LogP contribution in [0.5, 0.6) is 17.5 Å². The lowest BCUT2D eigenvalue weighted by molar-refractivity contribution is -0.137. The zero-order valence-electron chi connectivity index (χ0n) is 17.5. The summed E-state index contributed by atoms with van der Waals surface area (Å²) in [6.45, 7) is 2.01. The molecule has 3 heterocycles.